The zero-order chi connectivity index (χ0) is 17.4. The number of nitrogens with zero attached hydrogens (tertiary/aromatic N) is 4. The lowest BCUT2D eigenvalue weighted by atomic mass is 10.3. The molecule has 3 aromatic rings. The van der Waals surface area contributed by atoms with E-state index in [0.29, 0.717) is 27.1 Å². The first-order valence-electron chi connectivity index (χ1n) is 7.10. The van der Waals surface area contributed by atoms with Crippen LogP contribution in [0.4, 0.5) is 0 Å². The second-order valence-electron chi connectivity index (χ2n) is 5.20. The van der Waals surface area contributed by atoms with E-state index in [1.165, 1.54) is 11.3 Å². The summed E-state index contributed by atoms with van der Waals surface area (Å²) in [6.45, 7) is 6.09. The molecule has 2 heterocycles. The lowest BCUT2D eigenvalue weighted by molar-refractivity contribution is 0.0992. The zero-order valence-electron chi connectivity index (χ0n) is 13.1. The second kappa shape index (κ2) is 6.55. The Hall–Kier alpha value is -1.89. The van der Waals surface area contributed by atoms with E-state index in [2.05, 4.69) is 16.7 Å². The highest BCUT2D eigenvalue weighted by Gasteiger charge is 2.15. The molecule has 0 N–H and O–H groups in total. The van der Waals surface area contributed by atoms with Crippen LogP contribution in [0.25, 0.3) is 10.2 Å². The van der Waals surface area contributed by atoms with Crippen LogP contribution in [-0.2, 0) is 13.6 Å². The number of carbonyl (C=O) groups is 1. The van der Waals surface area contributed by atoms with Gasteiger partial charge in [-0.2, -0.15) is 10.1 Å². The summed E-state index contributed by atoms with van der Waals surface area (Å²) >= 11 is 13.9. The molecule has 0 spiro atoms. The van der Waals surface area contributed by atoms with Crippen molar-refractivity contribution >= 4 is 50.7 Å². The molecule has 0 aliphatic carbocycles. The van der Waals surface area contributed by atoms with Gasteiger partial charge in [0.25, 0.3) is 5.91 Å². The third-order valence-electron chi connectivity index (χ3n) is 3.57. The molecule has 124 valence electrons. The predicted octanol–water partition coefficient (Wildman–Crippen LogP) is 3.98. The molecule has 0 atom stereocenters. The van der Waals surface area contributed by atoms with E-state index < -0.39 is 5.91 Å². The molecule has 0 saturated heterocycles. The average molecular weight is 381 g/mol. The maximum absolute atomic E-state index is 12.4. The summed E-state index contributed by atoms with van der Waals surface area (Å²) < 4.78 is 4.25. The smallest absolute Gasteiger partial charge is 0.300 e. The van der Waals surface area contributed by atoms with Gasteiger partial charge in [-0.05, 0) is 25.1 Å². The lowest BCUT2D eigenvalue weighted by Gasteiger charge is -2.03. The minimum Gasteiger partial charge on any atom is -0.311 e. The molecule has 0 fully saturated rings. The summed E-state index contributed by atoms with van der Waals surface area (Å²) in [5.74, 6) is -0.407. The number of rotatable bonds is 3. The molecule has 0 bridgehead atoms. The SMILES string of the molecule is C=CCn1c(=NC(=O)c2cc(C)n(C)n2)sc2c(Cl)ccc(Cl)c21. The van der Waals surface area contributed by atoms with Gasteiger partial charge in [-0.15, -0.1) is 6.58 Å². The van der Waals surface area contributed by atoms with Crippen LogP contribution in [0.3, 0.4) is 0 Å². The van der Waals surface area contributed by atoms with Crippen molar-refractivity contribution in [1.82, 2.24) is 14.3 Å². The van der Waals surface area contributed by atoms with Gasteiger partial charge in [-0.3, -0.25) is 9.48 Å². The molecule has 1 aromatic carbocycles. The molecule has 5 nitrogen and oxygen atoms in total. The van der Waals surface area contributed by atoms with Crippen molar-refractivity contribution in [3.63, 3.8) is 0 Å². The van der Waals surface area contributed by atoms with Gasteiger partial charge in [0.1, 0.15) is 0 Å². The average Bonchev–Trinajstić information content (AvgIpc) is 3.06. The predicted molar refractivity (Wildman–Crippen MR) is 97.9 cm³/mol. The first-order chi connectivity index (χ1) is 11.4. The zero-order valence-corrected chi connectivity index (χ0v) is 15.4. The third-order valence-corrected chi connectivity index (χ3v) is 5.41. The Morgan fingerprint density at radius 3 is 2.75 bits per heavy atom. The lowest BCUT2D eigenvalue weighted by Crippen LogP contribution is -2.16. The number of allylic oxidation sites excluding steroid dienone is 1. The first kappa shape index (κ1) is 17.0. The van der Waals surface area contributed by atoms with Crippen LogP contribution in [0.2, 0.25) is 10.0 Å². The van der Waals surface area contributed by atoms with Crippen molar-refractivity contribution in [2.75, 3.05) is 0 Å². The maximum atomic E-state index is 12.4. The summed E-state index contributed by atoms with van der Waals surface area (Å²) in [6, 6.07) is 5.16. The molecule has 0 unspecified atom stereocenters. The van der Waals surface area contributed by atoms with Gasteiger partial charge in [0.2, 0.25) is 0 Å². The van der Waals surface area contributed by atoms with Gasteiger partial charge >= 0.3 is 0 Å². The van der Waals surface area contributed by atoms with Gasteiger partial charge in [-0.1, -0.05) is 40.6 Å². The number of fused-ring (bicyclic) bond motifs is 1. The Bertz CT molecular complexity index is 1010. The monoisotopic (exact) mass is 380 g/mol. The van der Waals surface area contributed by atoms with Crippen LogP contribution < -0.4 is 4.80 Å². The highest BCUT2D eigenvalue weighted by Crippen LogP contribution is 2.31. The summed E-state index contributed by atoms with van der Waals surface area (Å²) in [4.78, 5) is 17.2. The summed E-state index contributed by atoms with van der Waals surface area (Å²) in [7, 11) is 1.78. The number of aryl methyl sites for hydroxylation is 2. The number of carbonyl (C=O) groups excluding carboxylic acids is 1. The van der Waals surface area contributed by atoms with E-state index in [0.717, 1.165) is 15.9 Å². The summed E-state index contributed by atoms with van der Waals surface area (Å²) in [5, 5.41) is 5.29. The van der Waals surface area contributed by atoms with Crippen molar-refractivity contribution in [3.05, 3.63) is 57.1 Å². The molecule has 0 aliphatic rings. The van der Waals surface area contributed by atoms with Crippen LogP contribution in [-0.4, -0.2) is 20.3 Å². The van der Waals surface area contributed by atoms with Gasteiger partial charge < -0.3 is 4.57 Å². The summed E-state index contributed by atoms with van der Waals surface area (Å²) in [6.07, 6.45) is 1.72. The van der Waals surface area contributed by atoms with Crippen LogP contribution in [0.5, 0.6) is 0 Å². The fraction of sp³-hybridized carbons (Fsp3) is 0.188. The molecule has 0 aliphatic heterocycles. The Morgan fingerprint density at radius 1 is 1.42 bits per heavy atom. The van der Waals surface area contributed by atoms with Gasteiger partial charge in [-0.25, -0.2) is 0 Å². The Labute approximate surface area is 152 Å². The highest BCUT2D eigenvalue weighted by molar-refractivity contribution is 7.17. The van der Waals surface area contributed by atoms with E-state index in [1.54, 1.807) is 36.0 Å². The van der Waals surface area contributed by atoms with E-state index in [1.807, 2.05) is 11.5 Å². The van der Waals surface area contributed by atoms with Crippen molar-refractivity contribution in [1.29, 1.82) is 0 Å². The van der Waals surface area contributed by atoms with E-state index >= 15 is 0 Å². The topological polar surface area (TPSA) is 52.2 Å². The number of hydrogen-bond donors (Lipinski definition) is 0. The molecule has 24 heavy (non-hydrogen) atoms. The molecule has 2 aromatic heterocycles. The van der Waals surface area contributed by atoms with Gasteiger partial charge in [0, 0.05) is 19.3 Å². The number of halogens is 2. The van der Waals surface area contributed by atoms with Crippen LogP contribution >= 0.6 is 34.5 Å². The Morgan fingerprint density at radius 2 is 2.12 bits per heavy atom. The van der Waals surface area contributed by atoms with Crippen LogP contribution in [0.1, 0.15) is 16.2 Å². The molecule has 1 amide bonds. The quantitative estimate of drug-likeness (QED) is 0.645. The van der Waals surface area contributed by atoms with Crippen molar-refractivity contribution in [2.24, 2.45) is 12.0 Å². The van der Waals surface area contributed by atoms with Crippen molar-refractivity contribution in [3.8, 4) is 0 Å². The number of hydrogen-bond acceptors (Lipinski definition) is 3. The van der Waals surface area contributed by atoms with E-state index in [-0.39, 0.29) is 0 Å². The first-order valence-corrected chi connectivity index (χ1v) is 8.67. The molecule has 3 rings (SSSR count). The van der Waals surface area contributed by atoms with Crippen LogP contribution in [0, 0.1) is 6.92 Å². The standard InChI is InChI=1S/C16H14Cl2N4OS/c1-4-7-22-13-10(17)5-6-11(18)14(13)24-16(22)19-15(23)12-8-9(2)21(3)20-12/h4-6,8H,1,7H2,2-3H3. The van der Waals surface area contributed by atoms with Crippen molar-refractivity contribution < 1.29 is 4.79 Å². The van der Waals surface area contributed by atoms with Gasteiger partial charge in [0.05, 0.1) is 20.3 Å². The number of amides is 1. The van der Waals surface area contributed by atoms with Crippen LogP contribution in [0.15, 0.2) is 35.8 Å². The minimum absolute atomic E-state index is 0.301. The molecule has 8 heteroatoms. The highest BCUT2D eigenvalue weighted by atomic mass is 35.5. The largest absolute Gasteiger partial charge is 0.311 e. The Kier molecular flexibility index (Phi) is 4.62. The Balaban J connectivity index is 2.23. The number of thiazole rings is 1. The number of benzene rings is 1. The third kappa shape index (κ3) is 2.92. The second-order valence-corrected chi connectivity index (χ2v) is 6.99. The fourth-order valence-corrected chi connectivity index (χ4v) is 3.96. The van der Waals surface area contributed by atoms with Crippen molar-refractivity contribution in [2.45, 2.75) is 13.5 Å². The molecule has 0 saturated carbocycles. The fourth-order valence-electron chi connectivity index (χ4n) is 2.30. The number of aromatic nitrogens is 3. The van der Waals surface area contributed by atoms with E-state index in [4.69, 9.17) is 23.2 Å². The minimum atomic E-state index is -0.407. The summed E-state index contributed by atoms with van der Waals surface area (Å²) in [5.41, 5.74) is 1.93. The van der Waals surface area contributed by atoms with E-state index in [9.17, 15) is 4.79 Å². The molecule has 0 radical (unpaired) electrons. The normalized spacial score (nSPS) is 12.1. The molecular weight excluding hydrogens is 367 g/mol. The molecular formula is C16H14Cl2N4OS. The maximum Gasteiger partial charge on any atom is 0.300 e. The van der Waals surface area contributed by atoms with Gasteiger partial charge in [0.15, 0.2) is 10.5 Å².